The van der Waals surface area contributed by atoms with Gasteiger partial charge in [0, 0.05) is 11.1 Å². The summed E-state index contributed by atoms with van der Waals surface area (Å²) >= 11 is 0. The zero-order chi connectivity index (χ0) is 20.4. The van der Waals surface area contributed by atoms with Crippen molar-refractivity contribution in [2.45, 2.75) is 30.6 Å². The zero-order valence-electron chi connectivity index (χ0n) is 15.7. The Morgan fingerprint density at radius 2 is 1.86 bits per heavy atom. The number of Topliss-reactive ketones (excluding diaryl/α,β-unsaturated/α-hetero) is 1. The molecule has 0 bridgehead atoms. The Balaban J connectivity index is 1.30. The van der Waals surface area contributed by atoms with Crippen LogP contribution in [0.1, 0.15) is 39.9 Å². The number of ether oxygens (including phenoxy) is 1. The second-order valence-electron chi connectivity index (χ2n) is 7.00. The third kappa shape index (κ3) is 4.07. The Kier molecular flexibility index (Phi) is 5.19. The maximum atomic E-state index is 12.3. The number of esters is 1. The molecule has 2 aliphatic rings. The summed E-state index contributed by atoms with van der Waals surface area (Å²) in [6.45, 7) is -0.262. The lowest BCUT2D eigenvalue weighted by Crippen LogP contribution is -2.22. The highest BCUT2D eigenvalue weighted by atomic mass is 32.2. The maximum Gasteiger partial charge on any atom is 0.308 e. The number of hydrogen-bond acceptors (Lipinski definition) is 6. The number of fused-ring (bicyclic) bond motifs is 2. The number of benzene rings is 2. The van der Waals surface area contributed by atoms with Crippen LogP contribution in [-0.2, 0) is 32.4 Å². The van der Waals surface area contributed by atoms with Gasteiger partial charge in [-0.05, 0) is 48.6 Å². The van der Waals surface area contributed by atoms with E-state index in [1.165, 1.54) is 17.2 Å². The van der Waals surface area contributed by atoms with E-state index in [0.29, 0.717) is 11.1 Å². The molecule has 0 spiro atoms. The van der Waals surface area contributed by atoms with E-state index in [2.05, 4.69) is 9.71 Å². The third-order valence-electron chi connectivity index (χ3n) is 5.03. The molecule has 2 aromatic rings. The highest BCUT2D eigenvalue weighted by Crippen LogP contribution is 2.23. The van der Waals surface area contributed by atoms with Crippen molar-refractivity contribution in [1.29, 1.82) is 0 Å². The molecule has 1 N–H and O–H groups in total. The summed E-state index contributed by atoms with van der Waals surface area (Å²) in [5, 5.41) is 0. The summed E-state index contributed by atoms with van der Waals surface area (Å²) in [6.07, 6.45) is 3.07. The molecule has 0 radical (unpaired) electrons. The van der Waals surface area contributed by atoms with Gasteiger partial charge in [-0.15, -0.1) is 0 Å². The fourth-order valence-corrected chi connectivity index (χ4v) is 4.81. The van der Waals surface area contributed by atoms with Crippen LogP contribution < -0.4 is 4.72 Å². The van der Waals surface area contributed by atoms with Crippen LogP contribution in [0.15, 0.2) is 52.4 Å². The van der Waals surface area contributed by atoms with Crippen LogP contribution in [0.4, 0.5) is 0 Å². The van der Waals surface area contributed by atoms with Crippen molar-refractivity contribution in [1.82, 2.24) is 4.72 Å². The fraction of sp³-hybridized carbons (Fsp3) is 0.286. The number of ketones is 1. The van der Waals surface area contributed by atoms with Crippen LogP contribution >= 0.6 is 0 Å². The van der Waals surface area contributed by atoms with E-state index >= 15 is 0 Å². The largest absolute Gasteiger partial charge is 0.457 e. The topological polar surface area (TPSA) is 102 Å². The highest BCUT2D eigenvalue weighted by molar-refractivity contribution is 7.90. The van der Waals surface area contributed by atoms with Crippen molar-refractivity contribution < 1.29 is 22.7 Å². The number of aryl methyl sites for hydroxylation is 2. The minimum atomic E-state index is -3.60. The lowest BCUT2D eigenvalue weighted by atomic mass is 10.0. The standard InChI is InChI=1S/C21H20N2O5S/c24-18(16-9-8-14-4-3-5-15(14)12-16)13-28-20(25)10-11-22-21-17-6-1-2-7-19(17)29(26,27)23-21/h1-2,6-9,12H,3-5,10-11,13H2,(H,22,23). The van der Waals surface area contributed by atoms with Crippen LogP contribution in [0.5, 0.6) is 0 Å². The lowest BCUT2D eigenvalue weighted by molar-refractivity contribution is -0.142. The molecule has 8 heteroatoms. The number of nitrogens with zero attached hydrogens (tertiary/aromatic N) is 1. The first-order valence-corrected chi connectivity index (χ1v) is 10.9. The van der Waals surface area contributed by atoms with Gasteiger partial charge in [-0.3, -0.25) is 19.3 Å². The quantitative estimate of drug-likeness (QED) is 0.578. The van der Waals surface area contributed by atoms with Crippen LogP contribution in [0.2, 0.25) is 0 Å². The van der Waals surface area contributed by atoms with Gasteiger partial charge in [0.2, 0.25) is 0 Å². The molecule has 0 aromatic heterocycles. The van der Waals surface area contributed by atoms with Gasteiger partial charge in [0.25, 0.3) is 10.0 Å². The summed E-state index contributed by atoms with van der Waals surface area (Å²) in [5.41, 5.74) is 3.50. The molecule has 2 aromatic carbocycles. The molecule has 29 heavy (non-hydrogen) atoms. The van der Waals surface area contributed by atoms with Gasteiger partial charge in [-0.2, -0.15) is 0 Å². The fourth-order valence-electron chi connectivity index (χ4n) is 3.56. The van der Waals surface area contributed by atoms with E-state index in [4.69, 9.17) is 4.74 Å². The molecule has 0 saturated heterocycles. The summed E-state index contributed by atoms with van der Waals surface area (Å²) in [4.78, 5) is 28.5. The molecule has 0 fully saturated rings. The van der Waals surface area contributed by atoms with E-state index in [-0.39, 0.29) is 36.1 Å². The lowest BCUT2D eigenvalue weighted by Gasteiger charge is -2.06. The van der Waals surface area contributed by atoms with Crippen molar-refractivity contribution in [3.05, 3.63) is 64.7 Å². The molecule has 150 valence electrons. The van der Waals surface area contributed by atoms with Gasteiger partial charge >= 0.3 is 5.97 Å². The van der Waals surface area contributed by atoms with Crippen molar-refractivity contribution in [3.8, 4) is 0 Å². The first-order valence-electron chi connectivity index (χ1n) is 9.41. The third-order valence-corrected chi connectivity index (χ3v) is 6.43. The number of nitrogens with one attached hydrogen (secondary N) is 1. The number of carbonyl (C=O) groups is 2. The van der Waals surface area contributed by atoms with E-state index in [0.717, 1.165) is 19.3 Å². The minimum Gasteiger partial charge on any atom is -0.457 e. The number of hydrogen-bond donors (Lipinski definition) is 1. The smallest absolute Gasteiger partial charge is 0.308 e. The van der Waals surface area contributed by atoms with E-state index in [1.54, 1.807) is 24.3 Å². The predicted octanol–water partition coefficient (Wildman–Crippen LogP) is 2.03. The molecule has 0 saturated carbocycles. The number of carbonyl (C=O) groups excluding carboxylic acids is 2. The first kappa shape index (κ1) is 19.3. The zero-order valence-corrected chi connectivity index (χ0v) is 16.5. The number of sulfonamides is 1. The van der Waals surface area contributed by atoms with Crippen molar-refractivity contribution >= 4 is 27.6 Å². The Hall–Kier alpha value is -3.00. The molecule has 1 aliphatic carbocycles. The number of aliphatic imine (C=N–C) groups is 1. The molecule has 0 unspecified atom stereocenters. The Bertz CT molecular complexity index is 1120. The first-order chi connectivity index (χ1) is 13.9. The van der Waals surface area contributed by atoms with Crippen molar-refractivity contribution in [2.75, 3.05) is 13.2 Å². The molecule has 1 heterocycles. The Morgan fingerprint density at radius 1 is 1.07 bits per heavy atom. The Morgan fingerprint density at radius 3 is 2.72 bits per heavy atom. The van der Waals surface area contributed by atoms with Gasteiger partial charge in [-0.1, -0.05) is 24.3 Å². The van der Waals surface area contributed by atoms with E-state index in [1.807, 2.05) is 12.1 Å². The molecule has 0 atom stereocenters. The van der Waals surface area contributed by atoms with E-state index in [9.17, 15) is 18.0 Å². The monoisotopic (exact) mass is 412 g/mol. The van der Waals surface area contributed by atoms with Gasteiger partial charge < -0.3 is 4.74 Å². The molecule has 7 nitrogen and oxygen atoms in total. The van der Waals surface area contributed by atoms with E-state index < -0.39 is 16.0 Å². The van der Waals surface area contributed by atoms with Crippen molar-refractivity contribution in [3.63, 3.8) is 0 Å². The Labute approximate surface area is 168 Å². The summed E-state index contributed by atoms with van der Waals surface area (Å²) < 4.78 is 31.5. The SMILES string of the molecule is O=C(CCN=C1NS(=O)(=O)c2ccccc21)OCC(=O)c1ccc2c(c1)CCC2. The second kappa shape index (κ2) is 7.79. The van der Waals surface area contributed by atoms with Gasteiger partial charge in [0.15, 0.2) is 12.4 Å². The average Bonchev–Trinajstić information content (AvgIpc) is 3.28. The van der Waals surface area contributed by atoms with Gasteiger partial charge in [0.05, 0.1) is 17.9 Å². The summed E-state index contributed by atoms with van der Waals surface area (Å²) in [7, 11) is -3.60. The van der Waals surface area contributed by atoms with Crippen molar-refractivity contribution in [2.24, 2.45) is 4.99 Å². The number of amidine groups is 1. The summed E-state index contributed by atoms with van der Waals surface area (Å²) in [5.74, 6) is -0.586. The van der Waals surface area contributed by atoms with Crippen LogP contribution in [0, 0.1) is 0 Å². The molecule has 4 rings (SSSR count). The predicted molar refractivity (Wildman–Crippen MR) is 107 cm³/mol. The summed E-state index contributed by atoms with van der Waals surface area (Å²) in [6, 6.07) is 12.1. The molecular weight excluding hydrogens is 392 g/mol. The van der Waals surface area contributed by atoms with Crippen LogP contribution in [0.25, 0.3) is 0 Å². The number of rotatable bonds is 6. The highest BCUT2D eigenvalue weighted by Gasteiger charge is 2.30. The van der Waals surface area contributed by atoms with Crippen LogP contribution in [-0.4, -0.2) is 39.2 Å². The average molecular weight is 412 g/mol. The van der Waals surface area contributed by atoms with Gasteiger partial charge in [-0.25, -0.2) is 8.42 Å². The molecular formula is C21H20N2O5S. The molecule has 0 amide bonds. The normalized spacial score (nSPS) is 17.4. The maximum absolute atomic E-state index is 12.3. The van der Waals surface area contributed by atoms with Gasteiger partial charge in [0.1, 0.15) is 5.84 Å². The van der Waals surface area contributed by atoms with Crippen LogP contribution in [0.3, 0.4) is 0 Å². The molecule has 1 aliphatic heterocycles. The second-order valence-corrected chi connectivity index (χ2v) is 8.65. The minimum absolute atomic E-state index is 0.0507.